The Kier molecular flexibility index (Phi) is 4.50. The molecule has 2 saturated heterocycles. The van der Waals surface area contributed by atoms with Crippen LogP contribution in [0.15, 0.2) is 0 Å². The Hall–Kier alpha value is 0.350. The molecule has 2 aliphatic rings. The van der Waals surface area contributed by atoms with Crippen LogP contribution < -0.4 is 0 Å². The third-order valence-corrected chi connectivity index (χ3v) is 6.71. The molecule has 2 rings (SSSR count). The summed E-state index contributed by atoms with van der Waals surface area (Å²) in [6, 6.07) is 0.152. The third-order valence-electron chi connectivity index (χ3n) is 3.87. The molecule has 0 N–H and O–H groups in total. The molecule has 2 fully saturated rings. The molecule has 17 heavy (non-hydrogen) atoms. The van der Waals surface area contributed by atoms with E-state index in [0.717, 1.165) is 31.0 Å². The van der Waals surface area contributed by atoms with Crippen LogP contribution in [0.2, 0.25) is 0 Å². The van der Waals surface area contributed by atoms with Gasteiger partial charge in [0, 0.05) is 31.0 Å². The van der Waals surface area contributed by atoms with Gasteiger partial charge in [0.25, 0.3) is 10.2 Å². The standard InChI is InChI=1S/C11H21BrN2O2S/c1-10-4-7-13(8-5-10)17(15,16)14-6-2-3-11(14)9-12/h10-11H,2-9H2,1H3. The van der Waals surface area contributed by atoms with E-state index in [0.29, 0.717) is 25.6 Å². The SMILES string of the molecule is CC1CCN(S(=O)(=O)N2CCCC2CBr)CC1. The van der Waals surface area contributed by atoms with Crippen molar-refractivity contribution in [3.63, 3.8) is 0 Å². The Morgan fingerprint density at radius 3 is 2.41 bits per heavy atom. The second kappa shape index (κ2) is 5.55. The number of rotatable bonds is 3. The topological polar surface area (TPSA) is 40.6 Å². The second-order valence-corrected chi connectivity index (χ2v) is 7.68. The summed E-state index contributed by atoms with van der Waals surface area (Å²) in [5.74, 6) is 0.659. The Morgan fingerprint density at radius 2 is 1.82 bits per heavy atom. The summed E-state index contributed by atoms with van der Waals surface area (Å²) in [6.07, 6.45) is 3.95. The minimum Gasteiger partial charge on any atom is -0.195 e. The maximum atomic E-state index is 12.5. The molecule has 0 aromatic carbocycles. The molecular formula is C11H21BrN2O2S. The Labute approximate surface area is 113 Å². The summed E-state index contributed by atoms with van der Waals surface area (Å²) in [5.41, 5.74) is 0. The van der Waals surface area contributed by atoms with Gasteiger partial charge in [0.15, 0.2) is 0 Å². The van der Waals surface area contributed by atoms with Crippen molar-refractivity contribution in [2.24, 2.45) is 5.92 Å². The Morgan fingerprint density at radius 1 is 1.18 bits per heavy atom. The van der Waals surface area contributed by atoms with E-state index in [1.807, 2.05) is 0 Å². The Bertz CT molecular complexity index is 352. The molecule has 1 unspecified atom stereocenters. The van der Waals surface area contributed by atoms with Gasteiger partial charge in [-0.25, -0.2) is 0 Å². The number of alkyl halides is 1. The monoisotopic (exact) mass is 324 g/mol. The van der Waals surface area contributed by atoms with E-state index >= 15 is 0 Å². The average Bonchev–Trinajstić information content (AvgIpc) is 2.78. The lowest BCUT2D eigenvalue weighted by atomic mass is 10.0. The maximum absolute atomic E-state index is 12.5. The van der Waals surface area contributed by atoms with Crippen LogP contribution in [0.4, 0.5) is 0 Å². The predicted octanol–water partition coefficient (Wildman–Crippen LogP) is 1.82. The summed E-state index contributed by atoms with van der Waals surface area (Å²) in [6.45, 7) is 4.26. The molecule has 100 valence electrons. The van der Waals surface area contributed by atoms with Gasteiger partial charge in [-0.15, -0.1) is 0 Å². The van der Waals surface area contributed by atoms with E-state index in [1.54, 1.807) is 8.61 Å². The van der Waals surface area contributed by atoms with Crippen LogP contribution in [0.3, 0.4) is 0 Å². The zero-order valence-electron chi connectivity index (χ0n) is 10.3. The van der Waals surface area contributed by atoms with Crippen molar-refractivity contribution in [3.05, 3.63) is 0 Å². The molecule has 6 heteroatoms. The van der Waals surface area contributed by atoms with Gasteiger partial charge in [-0.2, -0.15) is 17.0 Å². The average molecular weight is 325 g/mol. The first kappa shape index (κ1) is 13.8. The van der Waals surface area contributed by atoms with E-state index in [1.165, 1.54) is 0 Å². The van der Waals surface area contributed by atoms with Gasteiger partial charge in [0.05, 0.1) is 0 Å². The lowest BCUT2D eigenvalue weighted by Gasteiger charge is -2.34. The molecule has 0 bridgehead atoms. The molecule has 2 heterocycles. The van der Waals surface area contributed by atoms with Gasteiger partial charge in [0.1, 0.15) is 0 Å². The quantitative estimate of drug-likeness (QED) is 0.743. The minimum atomic E-state index is -3.21. The van der Waals surface area contributed by atoms with Crippen molar-refractivity contribution in [1.29, 1.82) is 0 Å². The fourth-order valence-electron chi connectivity index (χ4n) is 2.63. The Balaban J connectivity index is 2.07. The molecule has 0 radical (unpaired) electrons. The normalized spacial score (nSPS) is 29.9. The van der Waals surface area contributed by atoms with E-state index in [4.69, 9.17) is 0 Å². The molecular weight excluding hydrogens is 304 g/mol. The lowest BCUT2D eigenvalue weighted by molar-refractivity contribution is 0.263. The van der Waals surface area contributed by atoms with Crippen LogP contribution >= 0.6 is 15.9 Å². The highest BCUT2D eigenvalue weighted by Gasteiger charge is 2.38. The van der Waals surface area contributed by atoms with Crippen LogP contribution in [0.1, 0.15) is 32.6 Å². The van der Waals surface area contributed by atoms with Gasteiger partial charge in [-0.3, -0.25) is 0 Å². The summed E-state index contributed by atoms with van der Waals surface area (Å²) in [5, 5.41) is 0.747. The zero-order chi connectivity index (χ0) is 12.5. The van der Waals surface area contributed by atoms with Gasteiger partial charge in [-0.05, 0) is 31.6 Å². The number of hydrogen-bond donors (Lipinski definition) is 0. The molecule has 0 aromatic rings. The summed E-state index contributed by atoms with van der Waals surface area (Å²) in [4.78, 5) is 0. The van der Waals surface area contributed by atoms with Crippen molar-refractivity contribution >= 4 is 26.1 Å². The van der Waals surface area contributed by atoms with Crippen LogP contribution in [-0.4, -0.2) is 48.0 Å². The van der Waals surface area contributed by atoms with Crippen molar-refractivity contribution in [3.8, 4) is 0 Å². The maximum Gasteiger partial charge on any atom is 0.282 e. The number of halogens is 1. The van der Waals surface area contributed by atoms with Crippen molar-refractivity contribution in [2.45, 2.75) is 38.6 Å². The molecule has 0 saturated carbocycles. The highest BCUT2D eigenvalue weighted by Crippen LogP contribution is 2.27. The predicted molar refractivity (Wildman–Crippen MR) is 72.4 cm³/mol. The third kappa shape index (κ3) is 2.85. The van der Waals surface area contributed by atoms with E-state index in [2.05, 4.69) is 22.9 Å². The number of piperidine rings is 1. The molecule has 2 aliphatic heterocycles. The lowest BCUT2D eigenvalue weighted by Crippen LogP contribution is -2.49. The first-order valence-electron chi connectivity index (χ1n) is 6.38. The second-order valence-electron chi connectivity index (χ2n) is 5.15. The molecule has 0 aromatic heterocycles. The molecule has 0 spiro atoms. The number of hydrogen-bond acceptors (Lipinski definition) is 2. The van der Waals surface area contributed by atoms with Gasteiger partial charge in [-0.1, -0.05) is 22.9 Å². The molecule has 1 atom stereocenters. The largest absolute Gasteiger partial charge is 0.282 e. The van der Waals surface area contributed by atoms with Gasteiger partial charge < -0.3 is 0 Å². The smallest absolute Gasteiger partial charge is 0.195 e. The fourth-order valence-corrected chi connectivity index (χ4v) is 5.38. The van der Waals surface area contributed by atoms with Crippen LogP contribution in [0, 0.1) is 5.92 Å². The summed E-state index contributed by atoms with van der Waals surface area (Å²) in [7, 11) is -3.21. The summed E-state index contributed by atoms with van der Waals surface area (Å²) >= 11 is 3.42. The molecule has 4 nitrogen and oxygen atoms in total. The van der Waals surface area contributed by atoms with Crippen LogP contribution in [-0.2, 0) is 10.2 Å². The van der Waals surface area contributed by atoms with Crippen molar-refractivity contribution in [1.82, 2.24) is 8.61 Å². The van der Waals surface area contributed by atoms with E-state index in [-0.39, 0.29) is 6.04 Å². The van der Waals surface area contributed by atoms with Crippen LogP contribution in [0.25, 0.3) is 0 Å². The molecule has 0 aliphatic carbocycles. The van der Waals surface area contributed by atoms with Crippen LogP contribution in [0.5, 0.6) is 0 Å². The molecule has 0 amide bonds. The summed E-state index contributed by atoms with van der Waals surface area (Å²) < 4.78 is 28.4. The van der Waals surface area contributed by atoms with E-state index < -0.39 is 10.2 Å². The fraction of sp³-hybridized carbons (Fsp3) is 1.00. The number of nitrogens with zero attached hydrogens (tertiary/aromatic N) is 2. The van der Waals surface area contributed by atoms with Crippen molar-refractivity contribution in [2.75, 3.05) is 25.0 Å². The zero-order valence-corrected chi connectivity index (χ0v) is 12.7. The van der Waals surface area contributed by atoms with Gasteiger partial charge in [0.2, 0.25) is 0 Å². The van der Waals surface area contributed by atoms with Crippen molar-refractivity contribution < 1.29 is 8.42 Å². The first-order valence-corrected chi connectivity index (χ1v) is 8.90. The minimum absolute atomic E-state index is 0.152. The first-order chi connectivity index (χ1) is 8.05. The highest BCUT2D eigenvalue weighted by atomic mass is 79.9. The highest BCUT2D eigenvalue weighted by molar-refractivity contribution is 9.09. The van der Waals surface area contributed by atoms with Gasteiger partial charge >= 0.3 is 0 Å². The van der Waals surface area contributed by atoms with E-state index in [9.17, 15) is 8.42 Å².